The summed E-state index contributed by atoms with van der Waals surface area (Å²) < 4.78 is 11.4. The van der Waals surface area contributed by atoms with E-state index in [2.05, 4.69) is 31.9 Å². The molecule has 0 aromatic heterocycles. The number of benzene rings is 1. The van der Waals surface area contributed by atoms with Crippen molar-refractivity contribution in [3.05, 3.63) is 29.3 Å². The summed E-state index contributed by atoms with van der Waals surface area (Å²) in [5.74, 6) is -1.96. The lowest BCUT2D eigenvalue weighted by Crippen LogP contribution is -2.56. The summed E-state index contributed by atoms with van der Waals surface area (Å²) in [4.78, 5) is 26.7. The summed E-state index contributed by atoms with van der Waals surface area (Å²) in [6, 6.07) is 6.30. The number of phenolic OH excluding ortho intramolecular Hbond substituents is 1. The van der Waals surface area contributed by atoms with Crippen molar-refractivity contribution in [2.45, 2.75) is 76.7 Å². The maximum absolute atomic E-state index is 13.4. The first-order valence-corrected chi connectivity index (χ1v) is 15.8. The van der Waals surface area contributed by atoms with Crippen LogP contribution in [0.1, 0.15) is 56.1 Å². The molecule has 4 rings (SSSR count). The molecule has 2 N–H and O–H groups in total. The van der Waals surface area contributed by atoms with E-state index in [1.165, 1.54) is 0 Å². The highest BCUT2D eigenvalue weighted by atomic mass is 28.3. The van der Waals surface area contributed by atoms with Crippen LogP contribution in [0, 0.1) is 11.8 Å². The van der Waals surface area contributed by atoms with Gasteiger partial charge in [0.05, 0.1) is 25.0 Å². The molecule has 3 aliphatic rings. The number of rotatable bonds is 10. The Morgan fingerprint density at radius 1 is 1.03 bits per heavy atom. The van der Waals surface area contributed by atoms with Crippen LogP contribution in [0.2, 0.25) is 25.7 Å². The van der Waals surface area contributed by atoms with Gasteiger partial charge in [0.15, 0.2) is 0 Å². The predicted molar refractivity (Wildman–Crippen MR) is 128 cm³/mol. The molecule has 2 bridgehead atoms. The SMILES string of the molecule is CCCNC1CC2c3ccc(O)cc3[C@H]1[C@@H](C(=O)OCCC)[C@@H]2C(=O)OCC[Si](C)(C)C. The van der Waals surface area contributed by atoms with Gasteiger partial charge in [0, 0.05) is 20.0 Å². The van der Waals surface area contributed by atoms with Crippen molar-refractivity contribution in [1.82, 2.24) is 5.32 Å². The Morgan fingerprint density at radius 2 is 1.72 bits per heavy atom. The summed E-state index contributed by atoms with van der Waals surface area (Å²) in [6.45, 7) is 12.4. The first-order valence-electron chi connectivity index (χ1n) is 12.1. The third kappa shape index (κ3) is 5.37. The lowest BCUT2D eigenvalue weighted by atomic mass is 9.54. The molecule has 1 saturated carbocycles. The summed E-state index contributed by atoms with van der Waals surface area (Å²) in [5.41, 5.74) is 2.01. The van der Waals surface area contributed by atoms with Crippen LogP contribution in [0.4, 0.5) is 0 Å². The maximum Gasteiger partial charge on any atom is 0.310 e. The van der Waals surface area contributed by atoms with E-state index in [9.17, 15) is 14.7 Å². The van der Waals surface area contributed by atoms with Crippen molar-refractivity contribution in [3.8, 4) is 5.75 Å². The van der Waals surface area contributed by atoms with Crippen LogP contribution in [0.3, 0.4) is 0 Å². The highest BCUT2D eigenvalue weighted by molar-refractivity contribution is 6.76. The maximum atomic E-state index is 13.4. The van der Waals surface area contributed by atoms with Gasteiger partial charge in [0.1, 0.15) is 5.75 Å². The second kappa shape index (κ2) is 10.4. The number of hydrogen-bond donors (Lipinski definition) is 2. The summed E-state index contributed by atoms with van der Waals surface area (Å²) in [5, 5.41) is 13.8. The Morgan fingerprint density at radius 3 is 2.38 bits per heavy atom. The molecule has 0 aliphatic heterocycles. The second-order valence-electron chi connectivity index (χ2n) is 10.4. The Hall–Kier alpha value is -1.86. The molecule has 1 fully saturated rings. The molecule has 0 saturated heterocycles. The van der Waals surface area contributed by atoms with Crippen LogP contribution in [-0.4, -0.2) is 50.9 Å². The molecule has 32 heavy (non-hydrogen) atoms. The Bertz CT molecular complexity index is 821. The predicted octanol–water partition coefficient (Wildman–Crippen LogP) is 4.41. The molecule has 0 amide bonds. The van der Waals surface area contributed by atoms with Crippen molar-refractivity contribution in [2.24, 2.45) is 11.8 Å². The van der Waals surface area contributed by atoms with Gasteiger partial charge in [-0.15, -0.1) is 0 Å². The third-order valence-corrected chi connectivity index (χ3v) is 8.43. The molecule has 0 heterocycles. The van der Waals surface area contributed by atoms with Gasteiger partial charge in [0.25, 0.3) is 0 Å². The fourth-order valence-corrected chi connectivity index (χ4v) is 5.92. The average molecular weight is 462 g/mol. The van der Waals surface area contributed by atoms with Gasteiger partial charge in [-0.1, -0.05) is 39.6 Å². The van der Waals surface area contributed by atoms with Crippen LogP contribution in [0.15, 0.2) is 18.2 Å². The topological polar surface area (TPSA) is 84.9 Å². The smallest absolute Gasteiger partial charge is 0.310 e. The van der Waals surface area contributed by atoms with Crippen molar-refractivity contribution >= 4 is 20.0 Å². The number of aromatic hydroxyl groups is 1. The first kappa shape index (κ1) is 24.8. The minimum atomic E-state index is -1.34. The van der Waals surface area contributed by atoms with Crippen molar-refractivity contribution in [2.75, 3.05) is 19.8 Å². The zero-order chi connectivity index (χ0) is 23.5. The molecule has 6 nitrogen and oxygen atoms in total. The zero-order valence-electron chi connectivity index (χ0n) is 20.1. The zero-order valence-corrected chi connectivity index (χ0v) is 21.1. The minimum Gasteiger partial charge on any atom is -0.508 e. The molecule has 7 heteroatoms. The van der Waals surface area contributed by atoms with Gasteiger partial charge in [-0.3, -0.25) is 9.59 Å². The molecule has 0 radical (unpaired) electrons. The molecule has 5 atom stereocenters. The van der Waals surface area contributed by atoms with Gasteiger partial charge in [-0.25, -0.2) is 0 Å². The average Bonchev–Trinajstić information content (AvgIpc) is 2.74. The lowest BCUT2D eigenvalue weighted by molar-refractivity contribution is -0.166. The summed E-state index contributed by atoms with van der Waals surface area (Å²) >= 11 is 0. The number of carbonyl (C=O) groups excluding carboxylic acids is 2. The van der Waals surface area contributed by atoms with Gasteiger partial charge < -0.3 is 19.9 Å². The third-order valence-electron chi connectivity index (χ3n) is 6.72. The number of ether oxygens (including phenoxy) is 2. The molecule has 3 aliphatic carbocycles. The van der Waals surface area contributed by atoms with Crippen LogP contribution in [-0.2, 0) is 19.1 Å². The first-order chi connectivity index (χ1) is 15.2. The normalized spacial score (nSPS) is 26.5. The standard InChI is InChI=1S/C25H39NO5Si/c1-6-10-26-20-15-19-17-9-8-16(27)14-18(17)21(20)23(25(29)30-11-7-2)22(19)24(28)31-12-13-32(3,4)5/h8-9,14,19-23,26-27H,6-7,10-13,15H2,1-5H3/t19?,20?,21-,22-,23-/m1/s1. The summed E-state index contributed by atoms with van der Waals surface area (Å²) in [7, 11) is -1.34. The fraction of sp³-hybridized carbons (Fsp3) is 0.680. The number of esters is 2. The van der Waals surface area contributed by atoms with Crippen LogP contribution >= 0.6 is 0 Å². The minimum absolute atomic E-state index is 0.0551. The largest absolute Gasteiger partial charge is 0.508 e. The monoisotopic (exact) mass is 461 g/mol. The van der Waals surface area contributed by atoms with E-state index in [1.807, 2.05) is 13.0 Å². The number of carbonyl (C=O) groups is 2. The van der Waals surface area contributed by atoms with Crippen molar-refractivity contribution < 1.29 is 24.2 Å². The van der Waals surface area contributed by atoms with E-state index >= 15 is 0 Å². The molecular weight excluding hydrogens is 422 g/mol. The van der Waals surface area contributed by atoms with E-state index in [1.54, 1.807) is 12.1 Å². The molecule has 1 aromatic rings. The van der Waals surface area contributed by atoms with Crippen molar-refractivity contribution in [1.29, 1.82) is 0 Å². The van der Waals surface area contributed by atoms with Crippen molar-refractivity contribution in [3.63, 3.8) is 0 Å². The lowest BCUT2D eigenvalue weighted by Gasteiger charge is -2.51. The molecular formula is C25H39NO5Si. The number of hydrogen-bond acceptors (Lipinski definition) is 6. The van der Waals surface area contributed by atoms with E-state index in [4.69, 9.17) is 9.47 Å². The Labute approximate surface area is 193 Å². The van der Waals surface area contributed by atoms with Crippen LogP contribution in [0.25, 0.3) is 0 Å². The number of phenols is 1. The number of fused-ring (bicyclic) bond motifs is 2. The molecule has 1 aromatic carbocycles. The Kier molecular flexibility index (Phi) is 8.04. The number of nitrogens with one attached hydrogen (secondary N) is 1. The van der Waals surface area contributed by atoms with Gasteiger partial charge in [0.2, 0.25) is 0 Å². The summed E-state index contributed by atoms with van der Waals surface area (Å²) in [6.07, 6.45) is 2.48. The molecule has 2 unspecified atom stereocenters. The van der Waals surface area contributed by atoms with E-state index in [0.717, 1.165) is 43.0 Å². The highest BCUT2D eigenvalue weighted by Gasteiger charge is 2.57. The van der Waals surface area contributed by atoms with Crippen LogP contribution < -0.4 is 5.32 Å². The highest BCUT2D eigenvalue weighted by Crippen LogP contribution is 2.57. The van der Waals surface area contributed by atoms with E-state index < -0.39 is 19.9 Å². The van der Waals surface area contributed by atoms with E-state index in [-0.39, 0.29) is 35.6 Å². The molecule has 178 valence electrons. The Balaban J connectivity index is 1.97. The second-order valence-corrected chi connectivity index (χ2v) is 16.1. The molecule has 0 spiro atoms. The van der Waals surface area contributed by atoms with Gasteiger partial charge in [-0.2, -0.15) is 0 Å². The quantitative estimate of drug-likeness (QED) is 0.397. The van der Waals surface area contributed by atoms with E-state index in [0.29, 0.717) is 13.2 Å². The fourth-order valence-electron chi connectivity index (χ4n) is 5.21. The van der Waals surface area contributed by atoms with Crippen LogP contribution in [0.5, 0.6) is 5.75 Å². The van der Waals surface area contributed by atoms with Gasteiger partial charge in [-0.05, 0) is 61.0 Å². The van der Waals surface area contributed by atoms with Gasteiger partial charge >= 0.3 is 11.9 Å².